The van der Waals surface area contributed by atoms with Crippen LogP contribution in [0, 0.1) is 6.92 Å². The molecule has 5 aromatic rings. The number of aryl methyl sites for hydroxylation is 1. The number of aromatic nitrogens is 4. The number of rotatable bonds is 4. The van der Waals surface area contributed by atoms with E-state index in [1.54, 1.807) is 18.0 Å². The number of benzene rings is 2. The summed E-state index contributed by atoms with van der Waals surface area (Å²) in [6.07, 6.45) is 0. The van der Waals surface area contributed by atoms with Crippen molar-refractivity contribution in [1.82, 2.24) is 24.8 Å². The molecule has 1 amide bonds. The zero-order chi connectivity index (χ0) is 22.4. The van der Waals surface area contributed by atoms with Gasteiger partial charge in [-0.2, -0.15) is 0 Å². The van der Waals surface area contributed by atoms with Crippen molar-refractivity contribution in [2.45, 2.75) is 13.5 Å². The summed E-state index contributed by atoms with van der Waals surface area (Å²) in [4.78, 5) is 30.1. The Morgan fingerprint density at radius 3 is 2.72 bits per heavy atom. The van der Waals surface area contributed by atoms with Crippen LogP contribution in [0.5, 0.6) is 0 Å². The van der Waals surface area contributed by atoms with Crippen LogP contribution < -0.4 is 5.73 Å². The molecule has 0 fully saturated rings. The lowest BCUT2D eigenvalue weighted by Crippen LogP contribution is -2.26. The fourth-order valence-corrected chi connectivity index (χ4v) is 4.11. The van der Waals surface area contributed by atoms with Gasteiger partial charge >= 0.3 is 0 Å². The molecule has 4 N–H and O–H groups in total. The number of halogens is 1. The molecule has 0 saturated heterocycles. The fourth-order valence-electron chi connectivity index (χ4n) is 3.92. The predicted molar refractivity (Wildman–Crippen MR) is 128 cm³/mol. The van der Waals surface area contributed by atoms with Crippen molar-refractivity contribution in [2.24, 2.45) is 0 Å². The van der Waals surface area contributed by atoms with Gasteiger partial charge < -0.3 is 20.6 Å². The Bertz CT molecular complexity index is 1480. The highest BCUT2D eigenvalue weighted by atomic mass is 35.5. The number of nitrogen functional groups attached to an aromatic ring is 1. The number of amides is 1. The first-order chi connectivity index (χ1) is 15.4. The number of fused-ring (bicyclic) bond motifs is 2. The molecule has 0 aliphatic heterocycles. The van der Waals surface area contributed by atoms with Gasteiger partial charge in [0.15, 0.2) is 5.65 Å². The smallest absolute Gasteiger partial charge is 0.253 e. The first-order valence-electron chi connectivity index (χ1n) is 10.1. The molecule has 2 aromatic carbocycles. The molecule has 7 nitrogen and oxygen atoms in total. The second kappa shape index (κ2) is 7.69. The Morgan fingerprint density at radius 1 is 1.09 bits per heavy atom. The molecule has 5 rings (SSSR count). The van der Waals surface area contributed by atoms with Crippen molar-refractivity contribution in [2.75, 3.05) is 12.8 Å². The average molecular weight is 445 g/mol. The predicted octanol–water partition coefficient (Wildman–Crippen LogP) is 4.92. The molecule has 8 heteroatoms. The van der Waals surface area contributed by atoms with Crippen LogP contribution >= 0.6 is 11.6 Å². The third-order valence-corrected chi connectivity index (χ3v) is 5.83. The number of carbonyl (C=O) groups excluding carboxylic acids is 1. The maximum absolute atomic E-state index is 13.0. The van der Waals surface area contributed by atoms with Crippen molar-refractivity contribution < 1.29 is 4.79 Å². The van der Waals surface area contributed by atoms with E-state index in [1.807, 2.05) is 55.5 Å². The van der Waals surface area contributed by atoms with Gasteiger partial charge in [-0.3, -0.25) is 4.79 Å². The lowest BCUT2D eigenvalue weighted by Gasteiger charge is -2.18. The molecule has 0 atom stereocenters. The van der Waals surface area contributed by atoms with Crippen LogP contribution in [0.3, 0.4) is 0 Å². The van der Waals surface area contributed by atoms with Crippen molar-refractivity contribution >= 4 is 45.4 Å². The Morgan fingerprint density at radius 2 is 1.91 bits per heavy atom. The minimum Gasteiger partial charge on any atom is -0.384 e. The number of nitrogens with one attached hydrogen (secondary N) is 2. The molecule has 160 valence electrons. The number of pyridine rings is 1. The van der Waals surface area contributed by atoms with E-state index in [-0.39, 0.29) is 5.91 Å². The summed E-state index contributed by atoms with van der Waals surface area (Å²) in [5.74, 6) is 1.10. The van der Waals surface area contributed by atoms with E-state index in [9.17, 15) is 4.79 Å². The SMILES string of the molecule is Cc1nc2c(-c3cc4cc(C(=O)N(C)Cc5ccccc5Cl)ccc4[nH]3)cc(N)nc2[nH]1. The maximum atomic E-state index is 13.0. The molecule has 32 heavy (non-hydrogen) atoms. The molecule has 0 aliphatic carbocycles. The van der Waals surface area contributed by atoms with E-state index in [1.165, 1.54) is 0 Å². The monoisotopic (exact) mass is 444 g/mol. The summed E-state index contributed by atoms with van der Waals surface area (Å²) in [5, 5.41) is 1.57. The van der Waals surface area contributed by atoms with Crippen molar-refractivity contribution in [3.05, 3.63) is 76.6 Å². The second-order valence-corrected chi connectivity index (χ2v) is 8.26. The summed E-state index contributed by atoms with van der Waals surface area (Å²) in [6.45, 7) is 2.31. The van der Waals surface area contributed by atoms with Gasteiger partial charge in [-0.05, 0) is 48.9 Å². The summed E-state index contributed by atoms with van der Waals surface area (Å²) < 4.78 is 0. The largest absolute Gasteiger partial charge is 0.384 e. The van der Waals surface area contributed by atoms with Crippen LogP contribution in [0.15, 0.2) is 54.6 Å². The first-order valence-corrected chi connectivity index (χ1v) is 10.5. The summed E-state index contributed by atoms with van der Waals surface area (Å²) >= 11 is 6.25. The molecule has 0 radical (unpaired) electrons. The third kappa shape index (κ3) is 3.56. The zero-order valence-electron chi connectivity index (χ0n) is 17.6. The Balaban J connectivity index is 1.48. The van der Waals surface area contributed by atoms with Gasteiger partial charge in [-0.25, -0.2) is 9.97 Å². The number of aromatic amines is 2. The van der Waals surface area contributed by atoms with Crippen LogP contribution in [-0.2, 0) is 6.54 Å². The third-order valence-electron chi connectivity index (χ3n) is 5.46. The maximum Gasteiger partial charge on any atom is 0.253 e. The number of H-pyrrole nitrogens is 2. The number of imidazole rings is 1. The summed E-state index contributed by atoms with van der Waals surface area (Å²) in [5.41, 5.74) is 11.5. The van der Waals surface area contributed by atoms with E-state index in [2.05, 4.69) is 19.9 Å². The van der Waals surface area contributed by atoms with E-state index in [0.717, 1.165) is 39.1 Å². The second-order valence-electron chi connectivity index (χ2n) is 7.85. The molecule has 0 aliphatic rings. The van der Waals surface area contributed by atoms with Crippen molar-refractivity contribution in [3.63, 3.8) is 0 Å². The first kappa shape index (κ1) is 20.1. The van der Waals surface area contributed by atoms with Crippen LogP contribution in [-0.4, -0.2) is 37.8 Å². The van der Waals surface area contributed by atoms with E-state index in [4.69, 9.17) is 17.3 Å². The van der Waals surface area contributed by atoms with Crippen LogP contribution in [0.4, 0.5) is 5.82 Å². The Labute approximate surface area is 189 Å². The minimum absolute atomic E-state index is 0.0759. The number of hydrogen-bond donors (Lipinski definition) is 3. The van der Waals surface area contributed by atoms with Gasteiger partial charge in [0.05, 0.1) is 0 Å². The summed E-state index contributed by atoms with van der Waals surface area (Å²) in [6, 6.07) is 17.0. The highest BCUT2D eigenvalue weighted by molar-refractivity contribution is 6.31. The van der Waals surface area contributed by atoms with Crippen molar-refractivity contribution in [3.8, 4) is 11.3 Å². The van der Waals surface area contributed by atoms with Gasteiger partial charge in [0.25, 0.3) is 5.91 Å². The average Bonchev–Trinajstić information content (AvgIpc) is 3.36. The van der Waals surface area contributed by atoms with Gasteiger partial charge in [0, 0.05) is 46.3 Å². The number of carbonyl (C=O) groups is 1. The van der Waals surface area contributed by atoms with Gasteiger partial charge in [-0.15, -0.1) is 0 Å². The van der Waals surface area contributed by atoms with E-state index >= 15 is 0 Å². The topological polar surface area (TPSA) is 104 Å². The van der Waals surface area contributed by atoms with Crippen molar-refractivity contribution in [1.29, 1.82) is 0 Å². The van der Waals surface area contributed by atoms with Crippen LogP contribution in [0.2, 0.25) is 5.02 Å². The Hall–Kier alpha value is -3.84. The fraction of sp³-hybridized carbons (Fsp3) is 0.125. The van der Waals surface area contributed by atoms with Gasteiger partial charge in [-0.1, -0.05) is 29.8 Å². The Kier molecular flexibility index (Phi) is 4.83. The number of nitrogens with zero attached hydrogens (tertiary/aromatic N) is 3. The zero-order valence-corrected chi connectivity index (χ0v) is 18.4. The quantitative estimate of drug-likeness (QED) is 0.366. The molecule has 0 saturated carbocycles. The number of anilines is 1. The molecule has 0 bridgehead atoms. The van der Waals surface area contributed by atoms with E-state index < -0.39 is 0 Å². The highest BCUT2D eigenvalue weighted by Crippen LogP contribution is 2.31. The molecule has 0 spiro atoms. The molecule has 0 unspecified atom stereocenters. The highest BCUT2D eigenvalue weighted by Gasteiger charge is 2.16. The number of hydrogen-bond acceptors (Lipinski definition) is 4. The molecule has 3 heterocycles. The normalized spacial score (nSPS) is 11.3. The van der Waals surface area contributed by atoms with Gasteiger partial charge in [0.2, 0.25) is 0 Å². The van der Waals surface area contributed by atoms with Gasteiger partial charge in [0.1, 0.15) is 17.2 Å². The molecular formula is C24H21ClN6O. The summed E-state index contributed by atoms with van der Waals surface area (Å²) in [7, 11) is 1.77. The van der Waals surface area contributed by atoms with Crippen LogP contribution in [0.1, 0.15) is 21.7 Å². The molecule has 3 aromatic heterocycles. The number of nitrogens with two attached hydrogens (primary N) is 1. The van der Waals surface area contributed by atoms with E-state index in [0.29, 0.717) is 28.6 Å². The lowest BCUT2D eigenvalue weighted by molar-refractivity contribution is 0.0785. The lowest BCUT2D eigenvalue weighted by atomic mass is 10.1. The minimum atomic E-state index is -0.0759. The molecular weight excluding hydrogens is 424 g/mol. The standard InChI is InChI=1S/C24H21ClN6O/c1-13-27-22-17(11-21(26)30-23(22)28-13)20-10-16-9-14(7-8-19(16)29-20)24(32)31(2)12-15-5-3-4-6-18(15)25/h3-11,29H,12H2,1-2H3,(H3,26,27,28,30). The van der Waals surface area contributed by atoms with Crippen LogP contribution in [0.25, 0.3) is 33.3 Å².